The Labute approximate surface area is 114 Å². The maximum absolute atomic E-state index is 12.5. The number of rotatable bonds is 4. The molecule has 0 saturated carbocycles. The van der Waals surface area contributed by atoms with Gasteiger partial charge in [-0.05, 0) is 43.0 Å². The number of nitrogens with two attached hydrogens (primary N) is 1. The number of hydrogen-bond acceptors (Lipinski definition) is 3. The SMILES string of the molecule is CCC(CN)C(=O)N1CCCc2cc(OC)ccc21. The number of methoxy groups -OCH3 is 1. The Bertz CT molecular complexity index is 455. The summed E-state index contributed by atoms with van der Waals surface area (Å²) in [7, 11) is 1.66. The molecule has 0 aliphatic carbocycles. The Kier molecular flexibility index (Phi) is 4.43. The van der Waals surface area contributed by atoms with Crippen molar-refractivity contribution in [2.45, 2.75) is 26.2 Å². The summed E-state index contributed by atoms with van der Waals surface area (Å²) in [5.41, 5.74) is 7.89. The van der Waals surface area contributed by atoms with Crippen molar-refractivity contribution in [3.05, 3.63) is 23.8 Å². The predicted octanol–water partition coefficient (Wildman–Crippen LogP) is 1.96. The van der Waals surface area contributed by atoms with Gasteiger partial charge in [-0.3, -0.25) is 4.79 Å². The topological polar surface area (TPSA) is 55.6 Å². The van der Waals surface area contributed by atoms with Crippen molar-refractivity contribution >= 4 is 11.6 Å². The Hall–Kier alpha value is -1.55. The Morgan fingerprint density at radius 2 is 2.32 bits per heavy atom. The summed E-state index contributed by atoms with van der Waals surface area (Å²) in [6.07, 6.45) is 2.78. The highest BCUT2D eigenvalue weighted by Crippen LogP contribution is 2.31. The van der Waals surface area contributed by atoms with Gasteiger partial charge in [-0.2, -0.15) is 0 Å². The minimum absolute atomic E-state index is 0.0759. The van der Waals surface area contributed by atoms with E-state index < -0.39 is 0 Å². The molecule has 4 nitrogen and oxygen atoms in total. The van der Waals surface area contributed by atoms with Crippen LogP contribution in [0, 0.1) is 5.92 Å². The molecule has 0 saturated heterocycles. The van der Waals surface area contributed by atoms with Crippen LogP contribution in [0.4, 0.5) is 5.69 Å². The summed E-state index contributed by atoms with van der Waals surface area (Å²) >= 11 is 0. The molecule has 1 amide bonds. The van der Waals surface area contributed by atoms with Crippen LogP contribution in [0.5, 0.6) is 5.75 Å². The van der Waals surface area contributed by atoms with Gasteiger partial charge in [-0.1, -0.05) is 6.92 Å². The van der Waals surface area contributed by atoms with Crippen molar-refractivity contribution in [2.75, 3.05) is 25.1 Å². The molecule has 1 aromatic carbocycles. The second-order valence-corrected chi connectivity index (χ2v) is 4.93. The van der Waals surface area contributed by atoms with E-state index in [9.17, 15) is 4.79 Å². The van der Waals surface area contributed by atoms with Gasteiger partial charge in [0, 0.05) is 18.8 Å². The highest BCUT2D eigenvalue weighted by molar-refractivity contribution is 5.96. The summed E-state index contributed by atoms with van der Waals surface area (Å²) in [5, 5.41) is 0. The highest BCUT2D eigenvalue weighted by Gasteiger charge is 2.27. The minimum Gasteiger partial charge on any atom is -0.497 e. The van der Waals surface area contributed by atoms with Crippen LogP contribution in [0.15, 0.2) is 18.2 Å². The van der Waals surface area contributed by atoms with Crippen LogP contribution in [0.25, 0.3) is 0 Å². The molecule has 1 aliphatic rings. The van der Waals surface area contributed by atoms with Gasteiger partial charge in [0.15, 0.2) is 0 Å². The number of aryl methyl sites for hydroxylation is 1. The van der Waals surface area contributed by atoms with E-state index in [4.69, 9.17) is 10.5 Å². The van der Waals surface area contributed by atoms with Crippen LogP contribution in [0.2, 0.25) is 0 Å². The standard InChI is InChI=1S/C15H22N2O2/c1-3-11(10-16)15(18)17-8-4-5-12-9-13(19-2)6-7-14(12)17/h6-7,9,11H,3-5,8,10,16H2,1-2H3. The van der Waals surface area contributed by atoms with Crippen molar-refractivity contribution in [3.8, 4) is 5.75 Å². The van der Waals surface area contributed by atoms with Crippen molar-refractivity contribution in [1.82, 2.24) is 0 Å². The Morgan fingerprint density at radius 1 is 1.53 bits per heavy atom. The van der Waals surface area contributed by atoms with Gasteiger partial charge in [0.2, 0.25) is 5.91 Å². The lowest BCUT2D eigenvalue weighted by Gasteiger charge is -2.32. The summed E-state index contributed by atoms with van der Waals surface area (Å²) in [6.45, 7) is 3.21. The largest absolute Gasteiger partial charge is 0.497 e. The average molecular weight is 262 g/mol. The Morgan fingerprint density at radius 3 is 2.95 bits per heavy atom. The molecule has 1 atom stereocenters. The molecular weight excluding hydrogens is 240 g/mol. The number of hydrogen-bond donors (Lipinski definition) is 1. The third kappa shape index (κ3) is 2.73. The third-order valence-electron chi connectivity index (χ3n) is 3.80. The monoisotopic (exact) mass is 262 g/mol. The van der Waals surface area contributed by atoms with E-state index in [0.717, 1.165) is 37.2 Å². The molecule has 104 valence electrons. The zero-order valence-corrected chi connectivity index (χ0v) is 11.7. The lowest BCUT2D eigenvalue weighted by atomic mass is 9.98. The summed E-state index contributed by atoms with van der Waals surface area (Å²) < 4.78 is 5.24. The molecule has 0 aromatic heterocycles. The molecule has 0 fully saturated rings. The molecule has 2 N–H and O–H groups in total. The second-order valence-electron chi connectivity index (χ2n) is 4.93. The number of anilines is 1. The van der Waals surface area contributed by atoms with Gasteiger partial charge < -0.3 is 15.4 Å². The van der Waals surface area contributed by atoms with E-state index >= 15 is 0 Å². The zero-order valence-electron chi connectivity index (χ0n) is 11.7. The maximum Gasteiger partial charge on any atom is 0.231 e. The molecule has 0 bridgehead atoms. The second kappa shape index (κ2) is 6.06. The normalized spacial score (nSPS) is 15.8. The fourth-order valence-corrected chi connectivity index (χ4v) is 2.59. The van der Waals surface area contributed by atoms with Gasteiger partial charge in [-0.25, -0.2) is 0 Å². The van der Waals surface area contributed by atoms with Crippen LogP contribution in [0.3, 0.4) is 0 Å². The maximum atomic E-state index is 12.5. The van der Waals surface area contributed by atoms with E-state index in [1.807, 2.05) is 30.0 Å². The van der Waals surface area contributed by atoms with E-state index in [-0.39, 0.29) is 11.8 Å². The smallest absolute Gasteiger partial charge is 0.231 e. The molecule has 4 heteroatoms. The fourth-order valence-electron chi connectivity index (χ4n) is 2.59. The predicted molar refractivity (Wildman–Crippen MR) is 76.5 cm³/mol. The number of carbonyl (C=O) groups is 1. The van der Waals surface area contributed by atoms with Gasteiger partial charge in [0.25, 0.3) is 0 Å². The number of ether oxygens (including phenoxy) is 1. The van der Waals surface area contributed by atoms with E-state index in [1.54, 1.807) is 7.11 Å². The molecular formula is C15H22N2O2. The van der Waals surface area contributed by atoms with Crippen LogP contribution in [-0.2, 0) is 11.2 Å². The van der Waals surface area contributed by atoms with Crippen LogP contribution >= 0.6 is 0 Å². The lowest BCUT2D eigenvalue weighted by molar-refractivity contribution is -0.122. The first-order chi connectivity index (χ1) is 9.21. The number of amides is 1. The molecule has 0 radical (unpaired) electrons. The minimum atomic E-state index is -0.0759. The van der Waals surface area contributed by atoms with Crippen molar-refractivity contribution in [1.29, 1.82) is 0 Å². The van der Waals surface area contributed by atoms with Crippen LogP contribution in [-0.4, -0.2) is 26.1 Å². The first-order valence-corrected chi connectivity index (χ1v) is 6.89. The number of fused-ring (bicyclic) bond motifs is 1. The molecule has 19 heavy (non-hydrogen) atoms. The Balaban J connectivity index is 2.29. The summed E-state index contributed by atoms with van der Waals surface area (Å²) in [5.74, 6) is 0.920. The number of nitrogens with zero attached hydrogens (tertiary/aromatic N) is 1. The highest BCUT2D eigenvalue weighted by atomic mass is 16.5. The molecule has 2 rings (SSSR count). The van der Waals surface area contributed by atoms with Crippen LogP contribution < -0.4 is 15.4 Å². The molecule has 0 spiro atoms. The summed E-state index contributed by atoms with van der Waals surface area (Å²) in [4.78, 5) is 14.4. The third-order valence-corrected chi connectivity index (χ3v) is 3.80. The van der Waals surface area contributed by atoms with Gasteiger partial charge in [0.1, 0.15) is 5.75 Å². The van der Waals surface area contributed by atoms with Crippen molar-refractivity contribution in [2.24, 2.45) is 11.7 Å². The van der Waals surface area contributed by atoms with E-state index in [0.29, 0.717) is 6.54 Å². The molecule has 1 aliphatic heterocycles. The van der Waals surface area contributed by atoms with Gasteiger partial charge in [0.05, 0.1) is 13.0 Å². The zero-order chi connectivity index (χ0) is 13.8. The van der Waals surface area contributed by atoms with Gasteiger partial charge >= 0.3 is 0 Å². The lowest BCUT2D eigenvalue weighted by Crippen LogP contribution is -2.41. The average Bonchev–Trinajstić information content (AvgIpc) is 2.47. The van der Waals surface area contributed by atoms with Crippen molar-refractivity contribution in [3.63, 3.8) is 0 Å². The molecule has 1 unspecified atom stereocenters. The van der Waals surface area contributed by atoms with Gasteiger partial charge in [-0.15, -0.1) is 0 Å². The van der Waals surface area contributed by atoms with E-state index in [1.165, 1.54) is 5.56 Å². The number of benzene rings is 1. The van der Waals surface area contributed by atoms with Crippen molar-refractivity contribution < 1.29 is 9.53 Å². The first-order valence-electron chi connectivity index (χ1n) is 6.89. The van der Waals surface area contributed by atoms with E-state index in [2.05, 4.69) is 0 Å². The number of carbonyl (C=O) groups excluding carboxylic acids is 1. The molecule has 1 aromatic rings. The fraction of sp³-hybridized carbons (Fsp3) is 0.533. The first kappa shape index (κ1) is 13.9. The molecule has 1 heterocycles. The quantitative estimate of drug-likeness (QED) is 0.902. The van der Waals surface area contributed by atoms with Crippen LogP contribution in [0.1, 0.15) is 25.3 Å². The summed E-state index contributed by atoms with van der Waals surface area (Å²) in [6, 6.07) is 5.92.